The van der Waals surface area contributed by atoms with Gasteiger partial charge in [0.25, 0.3) is 0 Å². The second-order valence-electron chi connectivity index (χ2n) is 4.29. The molecule has 0 aromatic heterocycles. The predicted molar refractivity (Wildman–Crippen MR) is 62.1 cm³/mol. The van der Waals surface area contributed by atoms with Gasteiger partial charge in [0.15, 0.2) is 0 Å². The van der Waals surface area contributed by atoms with E-state index in [0.29, 0.717) is 18.2 Å². The van der Waals surface area contributed by atoms with Crippen molar-refractivity contribution >= 4 is 11.5 Å². The third-order valence-electron chi connectivity index (χ3n) is 2.99. The zero-order valence-electron chi connectivity index (χ0n) is 9.12. The molecule has 1 aromatic carbocycles. The van der Waals surface area contributed by atoms with Gasteiger partial charge in [-0.2, -0.15) is 0 Å². The molecule has 0 amide bonds. The fourth-order valence-electron chi connectivity index (χ4n) is 2.10. The molecule has 1 fully saturated rings. The minimum atomic E-state index is 0.340. The summed E-state index contributed by atoms with van der Waals surface area (Å²) in [6, 6.07) is 8.57. The number of aryl methyl sites for hydroxylation is 1. The summed E-state index contributed by atoms with van der Waals surface area (Å²) in [7, 11) is 0. The van der Waals surface area contributed by atoms with E-state index >= 15 is 0 Å². The third-order valence-corrected chi connectivity index (χ3v) is 2.99. The van der Waals surface area contributed by atoms with Crippen LogP contribution in [0, 0.1) is 6.92 Å². The number of benzene rings is 1. The topological polar surface area (TPSA) is 29.1 Å². The van der Waals surface area contributed by atoms with E-state index < -0.39 is 0 Å². The molecule has 1 unspecified atom stereocenters. The molecule has 1 aliphatic rings. The van der Waals surface area contributed by atoms with E-state index in [1.54, 1.807) is 0 Å². The van der Waals surface area contributed by atoms with Crippen LogP contribution in [0.15, 0.2) is 24.3 Å². The second-order valence-corrected chi connectivity index (χ2v) is 4.29. The fourth-order valence-corrected chi connectivity index (χ4v) is 2.10. The van der Waals surface area contributed by atoms with Crippen molar-refractivity contribution in [2.75, 3.05) is 5.32 Å². The summed E-state index contributed by atoms with van der Waals surface area (Å²) in [6.45, 7) is 2.09. The maximum atomic E-state index is 11.3. The van der Waals surface area contributed by atoms with Gasteiger partial charge in [-0.1, -0.05) is 18.2 Å². The highest BCUT2D eigenvalue weighted by Crippen LogP contribution is 2.21. The minimum Gasteiger partial charge on any atom is -0.382 e. The smallest absolute Gasteiger partial charge is 0.134 e. The number of Topliss-reactive ketones (excluding diaryl/α,β-unsaturated/α-hetero) is 1. The van der Waals surface area contributed by atoms with Crippen LogP contribution in [0.5, 0.6) is 0 Å². The SMILES string of the molecule is Cc1ccccc1NC1CCCC(=O)C1. The summed E-state index contributed by atoms with van der Waals surface area (Å²) < 4.78 is 0. The molecule has 1 saturated carbocycles. The number of carbonyl (C=O) groups is 1. The average Bonchev–Trinajstić information content (AvgIpc) is 2.22. The van der Waals surface area contributed by atoms with E-state index in [4.69, 9.17) is 0 Å². The van der Waals surface area contributed by atoms with E-state index in [0.717, 1.165) is 24.9 Å². The number of nitrogens with one attached hydrogen (secondary N) is 1. The normalized spacial score (nSPS) is 21.4. The van der Waals surface area contributed by atoms with Gasteiger partial charge >= 0.3 is 0 Å². The van der Waals surface area contributed by atoms with Crippen molar-refractivity contribution in [3.8, 4) is 0 Å². The van der Waals surface area contributed by atoms with Crippen molar-refractivity contribution in [1.82, 2.24) is 0 Å². The molecule has 2 rings (SSSR count). The number of rotatable bonds is 2. The van der Waals surface area contributed by atoms with Crippen LogP contribution >= 0.6 is 0 Å². The van der Waals surface area contributed by atoms with Gasteiger partial charge in [-0.15, -0.1) is 0 Å². The molecule has 2 nitrogen and oxygen atoms in total. The molecule has 0 heterocycles. The first-order valence-corrected chi connectivity index (χ1v) is 5.59. The van der Waals surface area contributed by atoms with Gasteiger partial charge in [-0.25, -0.2) is 0 Å². The first-order valence-electron chi connectivity index (χ1n) is 5.59. The lowest BCUT2D eigenvalue weighted by Crippen LogP contribution is -2.27. The number of hydrogen-bond donors (Lipinski definition) is 1. The van der Waals surface area contributed by atoms with Crippen LogP contribution in [0.25, 0.3) is 0 Å². The highest BCUT2D eigenvalue weighted by molar-refractivity contribution is 5.80. The van der Waals surface area contributed by atoms with Crippen molar-refractivity contribution < 1.29 is 4.79 Å². The Labute approximate surface area is 90.7 Å². The summed E-state index contributed by atoms with van der Waals surface area (Å²) in [5.74, 6) is 0.396. The number of ketones is 1. The van der Waals surface area contributed by atoms with E-state index in [-0.39, 0.29) is 0 Å². The average molecular weight is 203 g/mol. The van der Waals surface area contributed by atoms with Gasteiger partial charge in [-0.05, 0) is 31.4 Å². The summed E-state index contributed by atoms with van der Waals surface area (Å²) in [5.41, 5.74) is 2.41. The molecule has 1 N–H and O–H groups in total. The first kappa shape index (κ1) is 10.2. The van der Waals surface area contributed by atoms with Gasteiger partial charge in [0, 0.05) is 24.6 Å². The highest BCUT2D eigenvalue weighted by Gasteiger charge is 2.19. The molecule has 0 aliphatic heterocycles. The Morgan fingerprint density at radius 1 is 1.33 bits per heavy atom. The lowest BCUT2D eigenvalue weighted by Gasteiger charge is -2.23. The predicted octanol–water partition coefficient (Wildman–Crippen LogP) is 2.92. The summed E-state index contributed by atoms with van der Waals surface area (Å²) in [4.78, 5) is 11.3. The van der Waals surface area contributed by atoms with Gasteiger partial charge in [0.1, 0.15) is 5.78 Å². The highest BCUT2D eigenvalue weighted by atomic mass is 16.1. The van der Waals surface area contributed by atoms with Gasteiger partial charge < -0.3 is 5.32 Å². The standard InChI is InChI=1S/C13H17NO/c1-10-5-2-3-8-13(10)14-11-6-4-7-12(15)9-11/h2-3,5,8,11,14H,4,6-7,9H2,1H3. The minimum absolute atomic E-state index is 0.340. The molecule has 0 bridgehead atoms. The molecule has 0 spiro atoms. The van der Waals surface area contributed by atoms with Gasteiger partial charge in [0.2, 0.25) is 0 Å². The lowest BCUT2D eigenvalue weighted by molar-refractivity contribution is -0.120. The Hall–Kier alpha value is -1.31. The molecule has 1 aromatic rings. The molecule has 15 heavy (non-hydrogen) atoms. The zero-order chi connectivity index (χ0) is 10.7. The number of hydrogen-bond acceptors (Lipinski definition) is 2. The van der Waals surface area contributed by atoms with Crippen LogP contribution in [0.1, 0.15) is 31.2 Å². The fraction of sp³-hybridized carbons (Fsp3) is 0.462. The number of para-hydroxylation sites is 1. The van der Waals surface area contributed by atoms with Crippen LogP contribution in [0.3, 0.4) is 0 Å². The third kappa shape index (κ3) is 2.58. The molecule has 1 atom stereocenters. The van der Waals surface area contributed by atoms with Crippen molar-refractivity contribution in [2.45, 2.75) is 38.6 Å². The van der Waals surface area contributed by atoms with Gasteiger partial charge in [-0.3, -0.25) is 4.79 Å². The van der Waals surface area contributed by atoms with E-state index in [2.05, 4.69) is 24.4 Å². The van der Waals surface area contributed by atoms with E-state index in [9.17, 15) is 4.79 Å². The molecule has 1 aliphatic carbocycles. The van der Waals surface area contributed by atoms with Crippen LogP contribution in [-0.2, 0) is 4.79 Å². The summed E-state index contributed by atoms with van der Waals surface area (Å²) in [6.07, 6.45) is 3.60. The Morgan fingerprint density at radius 3 is 2.87 bits per heavy atom. The van der Waals surface area contributed by atoms with Crippen molar-refractivity contribution in [3.05, 3.63) is 29.8 Å². The van der Waals surface area contributed by atoms with E-state index in [1.165, 1.54) is 5.56 Å². The van der Waals surface area contributed by atoms with Crippen LogP contribution < -0.4 is 5.32 Å². The Morgan fingerprint density at radius 2 is 2.13 bits per heavy atom. The monoisotopic (exact) mass is 203 g/mol. The Kier molecular flexibility index (Phi) is 3.05. The summed E-state index contributed by atoms with van der Waals surface area (Å²) in [5, 5.41) is 3.46. The molecule has 2 heteroatoms. The van der Waals surface area contributed by atoms with E-state index in [1.807, 2.05) is 12.1 Å². The molecule has 80 valence electrons. The van der Waals surface area contributed by atoms with Crippen LogP contribution in [0.2, 0.25) is 0 Å². The maximum absolute atomic E-state index is 11.3. The number of carbonyl (C=O) groups excluding carboxylic acids is 1. The van der Waals surface area contributed by atoms with Crippen molar-refractivity contribution in [3.63, 3.8) is 0 Å². The number of anilines is 1. The lowest BCUT2D eigenvalue weighted by atomic mass is 9.94. The molecular formula is C13H17NO. The second kappa shape index (κ2) is 4.47. The quantitative estimate of drug-likeness (QED) is 0.800. The molecule has 0 saturated heterocycles. The largest absolute Gasteiger partial charge is 0.382 e. The van der Waals surface area contributed by atoms with Gasteiger partial charge in [0.05, 0.1) is 0 Å². The molecular weight excluding hydrogens is 186 g/mol. The maximum Gasteiger partial charge on any atom is 0.134 e. The van der Waals surface area contributed by atoms with Crippen LogP contribution in [-0.4, -0.2) is 11.8 Å². The molecule has 0 radical (unpaired) electrons. The van der Waals surface area contributed by atoms with Crippen LogP contribution in [0.4, 0.5) is 5.69 Å². The first-order chi connectivity index (χ1) is 7.25. The van der Waals surface area contributed by atoms with Crippen molar-refractivity contribution in [2.24, 2.45) is 0 Å². The van der Waals surface area contributed by atoms with Crippen molar-refractivity contribution in [1.29, 1.82) is 0 Å². The Bertz CT molecular complexity index is 359. The zero-order valence-corrected chi connectivity index (χ0v) is 9.12. The Balaban J connectivity index is 2.02. The summed E-state index contributed by atoms with van der Waals surface area (Å²) >= 11 is 0.